The first-order valence-corrected chi connectivity index (χ1v) is 10.7. The van der Waals surface area contributed by atoms with Gasteiger partial charge in [0.1, 0.15) is 11.2 Å². The Hall–Kier alpha value is -2.91. The van der Waals surface area contributed by atoms with Crippen molar-refractivity contribution < 1.29 is 14.6 Å². The van der Waals surface area contributed by atoms with Crippen molar-refractivity contribution in [2.24, 2.45) is 7.05 Å². The molecule has 0 aliphatic carbocycles. The van der Waals surface area contributed by atoms with E-state index in [0.717, 1.165) is 10.1 Å². The fourth-order valence-electron chi connectivity index (χ4n) is 3.60. The normalized spacial score (nSPS) is 11.8. The molecule has 9 nitrogen and oxygen atoms in total. The van der Waals surface area contributed by atoms with Crippen LogP contribution in [0.4, 0.5) is 0 Å². The Bertz CT molecular complexity index is 1250. The Kier molecular flexibility index (Phi) is 6.90. The minimum absolute atomic E-state index is 0.0701. The number of hydrogen-bond donors (Lipinski definition) is 1. The molecule has 1 N–H and O–H groups in total. The molecule has 0 aliphatic heterocycles. The molecule has 3 rings (SSSR count). The van der Waals surface area contributed by atoms with Gasteiger partial charge in [-0.15, -0.1) is 0 Å². The van der Waals surface area contributed by atoms with E-state index in [1.807, 2.05) is 12.1 Å². The van der Waals surface area contributed by atoms with Crippen LogP contribution < -0.4 is 11.2 Å². The van der Waals surface area contributed by atoms with Gasteiger partial charge in [0.05, 0.1) is 6.61 Å². The summed E-state index contributed by atoms with van der Waals surface area (Å²) in [6.07, 6.45) is 0.257. The summed E-state index contributed by atoms with van der Waals surface area (Å²) in [5.41, 5.74) is -1.02. The molecule has 2 heterocycles. The molecular weight excluding hydrogens is 436 g/mol. The predicted octanol–water partition coefficient (Wildman–Crippen LogP) is 1.82. The molecule has 0 bridgehead atoms. The molecule has 2 aromatic heterocycles. The SMILES string of the molecule is CCOC(=O)C(C)(C)c1nc2c(c(=O)n(CCCO)c(=O)n2C)n1Cc1ccc(Cl)cc1. The van der Waals surface area contributed by atoms with Crippen LogP contribution in [0.3, 0.4) is 0 Å². The minimum Gasteiger partial charge on any atom is -0.465 e. The standard InChI is InChI=1S/C22H27ClN4O5/c1-5-32-20(30)22(2,3)19-24-17-16(27(19)13-14-7-9-15(23)10-8-14)18(29)26(11-6-12-28)21(31)25(17)4/h7-10,28H,5-6,11-13H2,1-4H3. The number of aliphatic hydroxyl groups excluding tert-OH is 1. The highest BCUT2D eigenvalue weighted by molar-refractivity contribution is 6.30. The van der Waals surface area contributed by atoms with Crippen molar-refractivity contribution in [3.63, 3.8) is 0 Å². The number of nitrogens with zero attached hydrogens (tertiary/aromatic N) is 4. The third kappa shape index (κ3) is 4.22. The van der Waals surface area contributed by atoms with Gasteiger partial charge in [-0.1, -0.05) is 23.7 Å². The zero-order valence-electron chi connectivity index (χ0n) is 18.6. The van der Waals surface area contributed by atoms with E-state index >= 15 is 0 Å². The number of aryl methyl sites for hydroxylation is 1. The molecule has 172 valence electrons. The van der Waals surface area contributed by atoms with E-state index in [0.29, 0.717) is 10.8 Å². The van der Waals surface area contributed by atoms with Crippen molar-refractivity contribution in [3.05, 3.63) is 61.5 Å². The molecule has 1 aromatic carbocycles. The van der Waals surface area contributed by atoms with E-state index in [-0.39, 0.29) is 43.9 Å². The fourth-order valence-corrected chi connectivity index (χ4v) is 3.73. The van der Waals surface area contributed by atoms with Crippen molar-refractivity contribution in [1.29, 1.82) is 0 Å². The lowest BCUT2D eigenvalue weighted by Crippen LogP contribution is -2.40. The Labute approximate surface area is 189 Å². The largest absolute Gasteiger partial charge is 0.465 e. The van der Waals surface area contributed by atoms with Crippen LogP contribution in [0.15, 0.2) is 33.9 Å². The lowest BCUT2D eigenvalue weighted by atomic mass is 9.92. The number of hydrogen-bond acceptors (Lipinski definition) is 6. The van der Waals surface area contributed by atoms with Crippen LogP contribution in [-0.4, -0.2) is 43.0 Å². The van der Waals surface area contributed by atoms with Gasteiger partial charge in [-0.05, 0) is 44.9 Å². The Morgan fingerprint density at radius 2 is 1.84 bits per heavy atom. The zero-order valence-corrected chi connectivity index (χ0v) is 19.3. The smallest absolute Gasteiger partial charge is 0.332 e. The molecule has 0 amide bonds. The van der Waals surface area contributed by atoms with E-state index in [9.17, 15) is 19.5 Å². The van der Waals surface area contributed by atoms with Gasteiger partial charge in [-0.3, -0.25) is 18.7 Å². The van der Waals surface area contributed by atoms with Gasteiger partial charge >= 0.3 is 11.7 Å². The number of fused-ring (bicyclic) bond motifs is 1. The molecule has 0 spiro atoms. The lowest BCUT2D eigenvalue weighted by Gasteiger charge is -2.23. The monoisotopic (exact) mass is 462 g/mol. The molecule has 3 aromatic rings. The highest BCUT2D eigenvalue weighted by Crippen LogP contribution is 2.28. The highest BCUT2D eigenvalue weighted by atomic mass is 35.5. The summed E-state index contributed by atoms with van der Waals surface area (Å²) in [7, 11) is 1.53. The van der Waals surface area contributed by atoms with Gasteiger partial charge in [-0.2, -0.15) is 0 Å². The molecule has 0 atom stereocenters. The molecule has 0 fully saturated rings. The van der Waals surface area contributed by atoms with Crippen LogP contribution >= 0.6 is 11.6 Å². The molecule has 0 radical (unpaired) electrons. The first kappa shape index (κ1) is 23.7. The number of imidazole rings is 1. The lowest BCUT2D eigenvalue weighted by molar-refractivity contribution is -0.149. The maximum atomic E-state index is 13.4. The van der Waals surface area contributed by atoms with Crippen molar-refractivity contribution in [1.82, 2.24) is 18.7 Å². The molecular formula is C22H27ClN4O5. The number of carbonyl (C=O) groups is 1. The van der Waals surface area contributed by atoms with E-state index in [1.165, 1.54) is 11.6 Å². The second-order valence-electron chi connectivity index (χ2n) is 8.04. The van der Waals surface area contributed by atoms with E-state index in [1.54, 1.807) is 37.5 Å². The fraction of sp³-hybridized carbons (Fsp3) is 0.455. The number of carbonyl (C=O) groups excluding carboxylic acids is 1. The summed E-state index contributed by atoms with van der Waals surface area (Å²) in [4.78, 5) is 43.5. The number of halogens is 1. The Balaban J connectivity index is 2.34. The Morgan fingerprint density at radius 3 is 2.44 bits per heavy atom. The highest BCUT2D eigenvalue weighted by Gasteiger charge is 2.38. The van der Waals surface area contributed by atoms with E-state index in [2.05, 4.69) is 4.98 Å². The third-order valence-corrected chi connectivity index (χ3v) is 5.62. The average molecular weight is 463 g/mol. The number of benzene rings is 1. The van der Waals surface area contributed by atoms with Crippen LogP contribution in [0.5, 0.6) is 0 Å². The number of rotatable bonds is 8. The Morgan fingerprint density at radius 1 is 1.19 bits per heavy atom. The average Bonchev–Trinajstić information content (AvgIpc) is 3.14. The number of ether oxygens (including phenoxy) is 1. The second-order valence-corrected chi connectivity index (χ2v) is 8.48. The number of esters is 1. The summed E-state index contributed by atoms with van der Waals surface area (Å²) in [6.45, 7) is 5.42. The maximum Gasteiger partial charge on any atom is 0.332 e. The summed E-state index contributed by atoms with van der Waals surface area (Å²) in [5, 5.41) is 9.76. The third-order valence-electron chi connectivity index (χ3n) is 5.37. The van der Waals surface area contributed by atoms with Crippen molar-refractivity contribution in [3.8, 4) is 0 Å². The molecule has 0 unspecified atom stereocenters. The number of aliphatic hydroxyl groups is 1. The van der Waals surface area contributed by atoms with Gasteiger partial charge in [0, 0.05) is 31.8 Å². The van der Waals surface area contributed by atoms with Gasteiger partial charge in [0.25, 0.3) is 5.56 Å². The van der Waals surface area contributed by atoms with Crippen molar-refractivity contribution in [2.45, 2.75) is 45.7 Å². The molecule has 10 heteroatoms. The van der Waals surface area contributed by atoms with Crippen molar-refractivity contribution >= 4 is 28.7 Å². The molecule has 0 aliphatic rings. The minimum atomic E-state index is -1.18. The molecule has 0 saturated heterocycles. The van der Waals surface area contributed by atoms with Crippen LogP contribution in [0, 0.1) is 0 Å². The predicted molar refractivity (Wildman–Crippen MR) is 121 cm³/mol. The quantitative estimate of drug-likeness (QED) is 0.511. The van der Waals surface area contributed by atoms with E-state index < -0.39 is 22.6 Å². The van der Waals surface area contributed by atoms with Gasteiger partial charge < -0.3 is 14.4 Å². The summed E-state index contributed by atoms with van der Waals surface area (Å²) >= 11 is 6.01. The topological polar surface area (TPSA) is 108 Å². The van der Waals surface area contributed by atoms with Crippen LogP contribution in [0.2, 0.25) is 5.02 Å². The van der Waals surface area contributed by atoms with Crippen molar-refractivity contribution in [2.75, 3.05) is 13.2 Å². The van der Waals surface area contributed by atoms with Gasteiger partial charge in [0.2, 0.25) is 0 Å². The maximum absolute atomic E-state index is 13.4. The van der Waals surface area contributed by atoms with Crippen LogP contribution in [-0.2, 0) is 35.1 Å². The summed E-state index contributed by atoms with van der Waals surface area (Å²) in [5.74, 6) is -0.175. The first-order valence-electron chi connectivity index (χ1n) is 10.4. The molecule has 0 saturated carbocycles. The molecule has 32 heavy (non-hydrogen) atoms. The first-order chi connectivity index (χ1) is 15.1. The second kappa shape index (κ2) is 9.30. The van der Waals surface area contributed by atoms with Gasteiger partial charge in [-0.25, -0.2) is 9.78 Å². The summed E-state index contributed by atoms with van der Waals surface area (Å²) < 4.78 is 9.28. The van der Waals surface area contributed by atoms with E-state index in [4.69, 9.17) is 16.3 Å². The number of aromatic nitrogens is 4. The van der Waals surface area contributed by atoms with Gasteiger partial charge in [0.15, 0.2) is 11.2 Å². The van der Waals surface area contributed by atoms with Crippen LogP contribution in [0.1, 0.15) is 38.6 Å². The summed E-state index contributed by atoms with van der Waals surface area (Å²) in [6, 6.07) is 7.12. The zero-order chi connectivity index (χ0) is 23.6. The van der Waals surface area contributed by atoms with Crippen LogP contribution in [0.25, 0.3) is 11.2 Å².